The number of aliphatic hydroxyl groups excluding tert-OH is 1. The van der Waals surface area contributed by atoms with Crippen LogP contribution in [0.2, 0.25) is 0 Å². The van der Waals surface area contributed by atoms with Crippen LogP contribution < -0.4 is 10.1 Å². The molecule has 0 aliphatic carbocycles. The second-order valence-electron chi connectivity index (χ2n) is 4.14. The summed E-state index contributed by atoms with van der Waals surface area (Å²) < 4.78 is 5.79. The van der Waals surface area contributed by atoms with E-state index in [4.69, 9.17) is 9.84 Å². The Morgan fingerprint density at radius 3 is 2.48 bits per heavy atom. The van der Waals surface area contributed by atoms with Crippen LogP contribution in [-0.2, 0) is 4.79 Å². The number of carbonyl (C=O) groups is 1. The zero-order valence-corrected chi connectivity index (χ0v) is 11.6. The average Bonchev–Trinajstić information content (AvgIpc) is 2.54. The normalized spacial score (nSPS) is 11.0. The summed E-state index contributed by atoms with van der Waals surface area (Å²) in [6, 6.07) is 16.3. The maximum Gasteiger partial charge on any atom is 0.270 e. The van der Waals surface area contributed by atoms with E-state index in [0.29, 0.717) is 17.1 Å². The van der Waals surface area contributed by atoms with Crippen LogP contribution in [0.5, 0.6) is 11.5 Å². The molecule has 0 heterocycles. The molecule has 5 nitrogen and oxygen atoms in total. The van der Waals surface area contributed by atoms with Gasteiger partial charge in [0.25, 0.3) is 5.91 Å². The van der Waals surface area contributed by atoms with Crippen LogP contribution in [-0.4, -0.2) is 30.5 Å². The molecule has 2 aromatic rings. The molecule has 0 atom stereocenters. The number of aliphatic imine (C=N–C) groups is 1. The van der Waals surface area contributed by atoms with Crippen molar-refractivity contribution in [2.24, 2.45) is 4.99 Å². The van der Waals surface area contributed by atoms with Crippen molar-refractivity contribution in [3.05, 3.63) is 60.2 Å². The van der Waals surface area contributed by atoms with Gasteiger partial charge in [0.05, 0.1) is 0 Å². The van der Waals surface area contributed by atoms with Gasteiger partial charge in [0.15, 0.2) is 0 Å². The third kappa shape index (κ3) is 3.67. The molecule has 0 spiro atoms. The highest BCUT2D eigenvalue weighted by molar-refractivity contribution is 6.45. The number of benzene rings is 2. The van der Waals surface area contributed by atoms with E-state index in [2.05, 4.69) is 10.3 Å². The number of hydrogen-bond donors (Lipinski definition) is 2. The summed E-state index contributed by atoms with van der Waals surface area (Å²) in [7, 11) is 1.51. The predicted molar refractivity (Wildman–Crippen MR) is 80.6 cm³/mol. The third-order valence-electron chi connectivity index (χ3n) is 2.78. The molecule has 1 amide bonds. The molecule has 5 heteroatoms. The topological polar surface area (TPSA) is 70.9 Å². The van der Waals surface area contributed by atoms with Gasteiger partial charge in [-0.1, -0.05) is 30.3 Å². The van der Waals surface area contributed by atoms with Crippen molar-refractivity contribution in [1.82, 2.24) is 5.32 Å². The Morgan fingerprint density at radius 2 is 1.81 bits per heavy atom. The van der Waals surface area contributed by atoms with E-state index in [9.17, 15) is 4.79 Å². The molecule has 0 radical (unpaired) electrons. The molecule has 108 valence electrons. The van der Waals surface area contributed by atoms with E-state index in [0.717, 1.165) is 0 Å². The summed E-state index contributed by atoms with van der Waals surface area (Å²) in [5.41, 5.74) is 0.654. The van der Waals surface area contributed by atoms with Gasteiger partial charge in [-0.25, -0.2) is 0 Å². The summed E-state index contributed by atoms with van der Waals surface area (Å²) in [6.07, 6.45) is 0. The van der Waals surface area contributed by atoms with Crippen molar-refractivity contribution in [2.75, 3.05) is 13.8 Å². The third-order valence-corrected chi connectivity index (χ3v) is 2.78. The Bertz CT molecular complexity index is 639. The number of nitrogens with one attached hydrogen (secondary N) is 1. The van der Waals surface area contributed by atoms with E-state index < -0.39 is 6.73 Å². The SMILES string of the molecule is CNC(=O)C(=NCO)c1ccccc1Oc1ccccc1. The molecule has 0 aliphatic heterocycles. The highest BCUT2D eigenvalue weighted by Crippen LogP contribution is 2.25. The van der Waals surface area contributed by atoms with Crippen molar-refractivity contribution in [3.63, 3.8) is 0 Å². The predicted octanol–water partition coefficient (Wildman–Crippen LogP) is 1.96. The van der Waals surface area contributed by atoms with E-state index >= 15 is 0 Å². The Kier molecular flexibility index (Phi) is 5.06. The van der Waals surface area contributed by atoms with Crippen LogP contribution >= 0.6 is 0 Å². The van der Waals surface area contributed by atoms with Gasteiger partial charge in [-0.3, -0.25) is 9.79 Å². The fourth-order valence-corrected chi connectivity index (χ4v) is 1.84. The van der Waals surface area contributed by atoms with Crippen molar-refractivity contribution in [2.45, 2.75) is 0 Å². The van der Waals surface area contributed by atoms with E-state index in [1.165, 1.54) is 7.05 Å². The first-order valence-electron chi connectivity index (χ1n) is 6.46. The summed E-state index contributed by atoms with van der Waals surface area (Å²) in [6.45, 7) is -0.470. The Hall–Kier alpha value is -2.66. The molecular formula is C16H16N2O3. The van der Waals surface area contributed by atoms with Crippen LogP contribution in [0.15, 0.2) is 59.6 Å². The monoisotopic (exact) mass is 284 g/mol. The van der Waals surface area contributed by atoms with Crippen molar-refractivity contribution in [3.8, 4) is 11.5 Å². The highest BCUT2D eigenvalue weighted by atomic mass is 16.5. The van der Waals surface area contributed by atoms with Gasteiger partial charge in [-0.2, -0.15) is 0 Å². The zero-order chi connectivity index (χ0) is 15.1. The number of nitrogens with zero attached hydrogens (tertiary/aromatic N) is 1. The molecule has 2 aromatic carbocycles. The minimum absolute atomic E-state index is 0.131. The second-order valence-corrected chi connectivity index (χ2v) is 4.14. The summed E-state index contributed by atoms with van der Waals surface area (Å²) in [5, 5.41) is 11.5. The van der Waals surface area contributed by atoms with Crippen LogP contribution in [0, 0.1) is 0 Å². The summed E-state index contributed by atoms with van der Waals surface area (Å²) >= 11 is 0. The maximum atomic E-state index is 11.9. The smallest absolute Gasteiger partial charge is 0.270 e. The number of amides is 1. The van der Waals surface area contributed by atoms with Crippen molar-refractivity contribution < 1.29 is 14.6 Å². The number of para-hydroxylation sites is 2. The number of likely N-dealkylation sites (N-methyl/N-ethyl adjacent to an activating group) is 1. The number of carbonyl (C=O) groups excluding carboxylic acids is 1. The highest BCUT2D eigenvalue weighted by Gasteiger charge is 2.17. The fraction of sp³-hybridized carbons (Fsp3) is 0.125. The van der Waals surface area contributed by atoms with Gasteiger partial charge in [0, 0.05) is 12.6 Å². The van der Waals surface area contributed by atoms with E-state index in [1.807, 2.05) is 36.4 Å². The summed E-state index contributed by atoms with van der Waals surface area (Å²) in [4.78, 5) is 15.7. The first-order chi connectivity index (χ1) is 10.3. The quantitative estimate of drug-likeness (QED) is 0.825. The average molecular weight is 284 g/mol. The minimum atomic E-state index is -0.470. The second kappa shape index (κ2) is 7.21. The van der Waals surface area contributed by atoms with Crippen molar-refractivity contribution in [1.29, 1.82) is 0 Å². The zero-order valence-electron chi connectivity index (χ0n) is 11.6. The summed E-state index contributed by atoms with van der Waals surface area (Å²) in [5.74, 6) is 0.776. The Labute approximate surface area is 122 Å². The molecule has 0 saturated heterocycles. The van der Waals surface area contributed by atoms with Gasteiger partial charge >= 0.3 is 0 Å². The van der Waals surface area contributed by atoms with Crippen LogP contribution in [0.3, 0.4) is 0 Å². The van der Waals surface area contributed by atoms with Crippen LogP contribution in [0.1, 0.15) is 5.56 Å². The number of aliphatic hydroxyl groups is 1. The Balaban J connectivity index is 2.40. The molecule has 2 N–H and O–H groups in total. The van der Waals surface area contributed by atoms with Gasteiger partial charge in [-0.15, -0.1) is 0 Å². The molecule has 0 bridgehead atoms. The van der Waals surface area contributed by atoms with Gasteiger partial charge < -0.3 is 15.2 Å². The fourth-order valence-electron chi connectivity index (χ4n) is 1.84. The Morgan fingerprint density at radius 1 is 1.14 bits per heavy atom. The first-order valence-corrected chi connectivity index (χ1v) is 6.46. The van der Waals surface area contributed by atoms with Gasteiger partial charge in [-0.05, 0) is 24.3 Å². The molecule has 0 aromatic heterocycles. The molecule has 0 fully saturated rings. The number of hydrogen-bond acceptors (Lipinski definition) is 4. The standard InChI is InChI=1S/C16H16N2O3/c1-17-16(20)15(18-11-19)13-9-5-6-10-14(13)21-12-7-3-2-4-8-12/h2-10,19H,11H2,1H3,(H,17,20). The largest absolute Gasteiger partial charge is 0.457 e. The lowest BCUT2D eigenvalue weighted by atomic mass is 10.1. The van der Waals surface area contributed by atoms with E-state index in [-0.39, 0.29) is 11.6 Å². The lowest BCUT2D eigenvalue weighted by Gasteiger charge is -2.12. The lowest BCUT2D eigenvalue weighted by molar-refractivity contribution is -0.114. The number of ether oxygens (including phenoxy) is 1. The van der Waals surface area contributed by atoms with Gasteiger partial charge in [0.1, 0.15) is 23.9 Å². The molecular weight excluding hydrogens is 268 g/mol. The minimum Gasteiger partial charge on any atom is -0.457 e. The van der Waals surface area contributed by atoms with Crippen LogP contribution in [0.25, 0.3) is 0 Å². The van der Waals surface area contributed by atoms with Gasteiger partial charge in [0.2, 0.25) is 0 Å². The van der Waals surface area contributed by atoms with E-state index in [1.54, 1.807) is 18.2 Å². The molecule has 0 aliphatic rings. The molecule has 0 unspecified atom stereocenters. The molecule has 0 saturated carbocycles. The molecule has 21 heavy (non-hydrogen) atoms. The van der Waals surface area contributed by atoms with Crippen molar-refractivity contribution >= 4 is 11.6 Å². The molecule has 2 rings (SSSR count). The first kappa shape index (κ1) is 14.7. The van der Waals surface area contributed by atoms with Crippen LogP contribution in [0.4, 0.5) is 0 Å². The maximum absolute atomic E-state index is 11.9. The number of rotatable bonds is 5. The lowest BCUT2D eigenvalue weighted by Crippen LogP contribution is -2.29.